The van der Waals surface area contributed by atoms with Crippen molar-refractivity contribution in [3.63, 3.8) is 0 Å². The topological polar surface area (TPSA) is 62.5 Å². The van der Waals surface area contributed by atoms with Crippen LogP contribution in [0.5, 0.6) is 17.2 Å². The Morgan fingerprint density at radius 3 is 2.33 bits per heavy atom. The fraction of sp³-hybridized carbons (Fsp3) is 0.133. The lowest BCUT2D eigenvalue weighted by atomic mass is 10.2. The minimum atomic E-state index is -0.939. The van der Waals surface area contributed by atoms with Crippen LogP contribution in [0.25, 0.3) is 0 Å². The van der Waals surface area contributed by atoms with Gasteiger partial charge in [-0.2, -0.15) is 5.26 Å². The van der Waals surface area contributed by atoms with Crippen LogP contribution in [0.4, 0.5) is 8.78 Å². The summed E-state index contributed by atoms with van der Waals surface area (Å²) >= 11 is 0. The summed E-state index contributed by atoms with van der Waals surface area (Å²) in [5.74, 6) is -2.23. The number of ether oxygens (including phenoxy) is 2. The number of halogens is 2. The minimum absolute atomic E-state index is 0.0750. The number of nitriles is 1. The quantitative estimate of drug-likeness (QED) is 0.940. The van der Waals surface area contributed by atoms with Gasteiger partial charge in [0.15, 0.2) is 28.9 Å². The van der Waals surface area contributed by atoms with E-state index in [1.54, 1.807) is 0 Å². The molecule has 0 spiro atoms. The fourth-order valence-electron chi connectivity index (χ4n) is 1.73. The molecule has 0 aromatic heterocycles. The van der Waals surface area contributed by atoms with Crippen molar-refractivity contribution in [2.24, 2.45) is 0 Å². The Bertz CT molecular complexity index is 688. The number of benzene rings is 2. The first-order valence-electron chi connectivity index (χ1n) is 5.93. The monoisotopic (exact) mass is 291 g/mol. The molecule has 0 atom stereocenters. The molecule has 2 aromatic rings. The molecular formula is C15H11F2NO3. The van der Waals surface area contributed by atoms with Crippen LogP contribution < -0.4 is 9.47 Å². The van der Waals surface area contributed by atoms with Crippen molar-refractivity contribution in [3.8, 4) is 23.3 Å². The third-order valence-electron chi connectivity index (χ3n) is 2.75. The molecule has 0 saturated heterocycles. The van der Waals surface area contributed by atoms with E-state index in [2.05, 4.69) is 0 Å². The van der Waals surface area contributed by atoms with E-state index in [1.807, 2.05) is 6.07 Å². The Balaban J connectivity index is 2.41. The molecule has 0 bridgehead atoms. The highest BCUT2D eigenvalue weighted by molar-refractivity contribution is 5.49. The second-order valence-corrected chi connectivity index (χ2v) is 4.13. The first-order valence-corrected chi connectivity index (χ1v) is 5.93. The van der Waals surface area contributed by atoms with Gasteiger partial charge in [-0.1, -0.05) is 0 Å². The Morgan fingerprint density at radius 1 is 1.14 bits per heavy atom. The molecule has 0 unspecified atom stereocenters. The van der Waals surface area contributed by atoms with Crippen molar-refractivity contribution in [2.75, 3.05) is 7.11 Å². The molecule has 6 heteroatoms. The van der Waals surface area contributed by atoms with Crippen molar-refractivity contribution in [1.82, 2.24) is 0 Å². The number of hydrogen-bond donors (Lipinski definition) is 1. The highest BCUT2D eigenvalue weighted by Crippen LogP contribution is 2.35. The SMILES string of the molecule is COc1cc(C#N)ccc1Oc1c(F)cc(CO)cc1F. The Labute approximate surface area is 119 Å². The van der Waals surface area contributed by atoms with Gasteiger partial charge in [0.2, 0.25) is 0 Å². The molecule has 0 aliphatic heterocycles. The number of hydrogen-bond acceptors (Lipinski definition) is 4. The fourth-order valence-corrected chi connectivity index (χ4v) is 1.73. The zero-order valence-electron chi connectivity index (χ0n) is 11.1. The highest BCUT2D eigenvalue weighted by atomic mass is 19.1. The van der Waals surface area contributed by atoms with E-state index in [4.69, 9.17) is 19.8 Å². The predicted octanol–water partition coefficient (Wildman–Crippen LogP) is 3.13. The van der Waals surface area contributed by atoms with Crippen LogP contribution in [-0.2, 0) is 6.61 Å². The maximum atomic E-state index is 13.8. The standard InChI is InChI=1S/C15H11F2NO3/c1-20-14-6-9(7-18)2-3-13(14)21-15-11(16)4-10(8-19)5-12(15)17/h2-6,19H,8H2,1H3. The molecular weight excluding hydrogens is 280 g/mol. The molecule has 21 heavy (non-hydrogen) atoms. The van der Waals surface area contributed by atoms with Crippen LogP contribution in [0.3, 0.4) is 0 Å². The number of aliphatic hydroxyl groups excluding tert-OH is 1. The molecule has 2 aromatic carbocycles. The van der Waals surface area contributed by atoms with Crippen molar-refractivity contribution in [1.29, 1.82) is 5.26 Å². The van der Waals surface area contributed by atoms with Crippen LogP contribution in [0.1, 0.15) is 11.1 Å². The van der Waals surface area contributed by atoms with Gasteiger partial charge in [-0.15, -0.1) is 0 Å². The van der Waals surface area contributed by atoms with Crippen LogP contribution in [0, 0.1) is 23.0 Å². The summed E-state index contributed by atoms with van der Waals surface area (Å²) in [6, 6.07) is 8.10. The largest absolute Gasteiger partial charge is 0.493 e. The first kappa shape index (κ1) is 14.8. The molecule has 0 saturated carbocycles. The first-order chi connectivity index (χ1) is 10.1. The van der Waals surface area contributed by atoms with Crippen LogP contribution in [-0.4, -0.2) is 12.2 Å². The summed E-state index contributed by atoms with van der Waals surface area (Å²) in [7, 11) is 1.35. The van der Waals surface area contributed by atoms with E-state index in [9.17, 15) is 8.78 Å². The summed E-state index contributed by atoms with van der Waals surface area (Å²) in [6.45, 7) is -0.478. The molecule has 2 rings (SSSR count). The number of rotatable bonds is 4. The van der Waals surface area contributed by atoms with Crippen molar-refractivity contribution < 1.29 is 23.4 Å². The van der Waals surface area contributed by atoms with E-state index < -0.39 is 24.0 Å². The normalized spacial score (nSPS) is 10.0. The molecule has 0 aliphatic rings. The van der Waals surface area contributed by atoms with E-state index in [1.165, 1.54) is 25.3 Å². The average molecular weight is 291 g/mol. The molecule has 108 valence electrons. The predicted molar refractivity (Wildman–Crippen MR) is 70.1 cm³/mol. The summed E-state index contributed by atoms with van der Waals surface area (Å²) in [6.07, 6.45) is 0. The van der Waals surface area contributed by atoms with Gasteiger partial charge in [0.25, 0.3) is 0 Å². The zero-order valence-corrected chi connectivity index (χ0v) is 11.1. The number of methoxy groups -OCH3 is 1. The van der Waals surface area contributed by atoms with Gasteiger partial charge in [-0.25, -0.2) is 8.78 Å². The van der Waals surface area contributed by atoms with E-state index >= 15 is 0 Å². The van der Waals surface area contributed by atoms with Gasteiger partial charge in [0, 0.05) is 6.07 Å². The van der Waals surface area contributed by atoms with E-state index in [0.29, 0.717) is 5.56 Å². The summed E-state index contributed by atoms with van der Waals surface area (Å²) in [5, 5.41) is 17.7. The third kappa shape index (κ3) is 3.09. The number of aliphatic hydroxyl groups is 1. The summed E-state index contributed by atoms with van der Waals surface area (Å²) in [4.78, 5) is 0. The molecule has 4 nitrogen and oxygen atoms in total. The van der Waals surface area contributed by atoms with E-state index in [-0.39, 0.29) is 17.1 Å². The smallest absolute Gasteiger partial charge is 0.198 e. The van der Waals surface area contributed by atoms with Gasteiger partial charge in [0.1, 0.15) is 0 Å². The Hall–Kier alpha value is -2.65. The lowest BCUT2D eigenvalue weighted by molar-refractivity contribution is 0.279. The lowest BCUT2D eigenvalue weighted by Gasteiger charge is -2.12. The molecule has 0 radical (unpaired) electrons. The van der Waals surface area contributed by atoms with Crippen molar-refractivity contribution in [3.05, 3.63) is 53.1 Å². The maximum absolute atomic E-state index is 13.8. The van der Waals surface area contributed by atoms with Gasteiger partial charge in [0.05, 0.1) is 25.3 Å². The molecule has 0 amide bonds. The molecule has 0 heterocycles. The van der Waals surface area contributed by atoms with E-state index in [0.717, 1.165) is 12.1 Å². The minimum Gasteiger partial charge on any atom is -0.493 e. The Kier molecular flexibility index (Phi) is 4.36. The van der Waals surface area contributed by atoms with Gasteiger partial charge < -0.3 is 14.6 Å². The lowest BCUT2D eigenvalue weighted by Crippen LogP contribution is -1.97. The maximum Gasteiger partial charge on any atom is 0.198 e. The summed E-state index contributed by atoms with van der Waals surface area (Å²) in [5.41, 5.74) is 0.430. The molecule has 1 N–H and O–H groups in total. The second kappa shape index (κ2) is 6.20. The van der Waals surface area contributed by atoms with Crippen molar-refractivity contribution >= 4 is 0 Å². The zero-order chi connectivity index (χ0) is 15.4. The van der Waals surface area contributed by atoms with Crippen LogP contribution >= 0.6 is 0 Å². The molecule has 0 fully saturated rings. The highest BCUT2D eigenvalue weighted by Gasteiger charge is 2.16. The van der Waals surface area contributed by atoms with Gasteiger partial charge in [-0.3, -0.25) is 0 Å². The molecule has 0 aliphatic carbocycles. The van der Waals surface area contributed by atoms with Crippen LogP contribution in [0.2, 0.25) is 0 Å². The van der Waals surface area contributed by atoms with Gasteiger partial charge in [-0.05, 0) is 29.8 Å². The number of nitrogens with zero attached hydrogens (tertiary/aromatic N) is 1. The second-order valence-electron chi connectivity index (χ2n) is 4.13. The Morgan fingerprint density at radius 2 is 1.81 bits per heavy atom. The van der Waals surface area contributed by atoms with Crippen LogP contribution in [0.15, 0.2) is 30.3 Å². The third-order valence-corrected chi connectivity index (χ3v) is 2.75. The van der Waals surface area contributed by atoms with Gasteiger partial charge >= 0.3 is 0 Å². The summed E-state index contributed by atoms with van der Waals surface area (Å²) < 4.78 is 37.8. The van der Waals surface area contributed by atoms with Crippen molar-refractivity contribution in [2.45, 2.75) is 6.61 Å². The average Bonchev–Trinajstić information content (AvgIpc) is 2.50.